The standard InChI is InChI=1S/C19H22ClFN4O/c20-14-6-2-8-16(17(14)21)25-15-7-1-5-13(15)18(23-25)19(26)24-9-3-4-12(10-22)11-24/h2,6,8,12H,1,3-5,7,9-11,22H2. The number of hydrogen-bond acceptors (Lipinski definition) is 3. The Morgan fingerprint density at radius 2 is 2.19 bits per heavy atom. The van der Waals surface area contributed by atoms with Crippen molar-refractivity contribution in [1.82, 2.24) is 14.7 Å². The Kier molecular flexibility index (Phi) is 4.71. The summed E-state index contributed by atoms with van der Waals surface area (Å²) in [5, 5.41) is 4.58. The van der Waals surface area contributed by atoms with Crippen LogP contribution >= 0.6 is 11.6 Å². The molecule has 0 bridgehead atoms. The van der Waals surface area contributed by atoms with Crippen LogP contribution in [0.4, 0.5) is 4.39 Å². The van der Waals surface area contributed by atoms with Gasteiger partial charge in [-0.25, -0.2) is 9.07 Å². The van der Waals surface area contributed by atoms with Crippen LogP contribution in [0.25, 0.3) is 5.69 Å². The number of aromatic nitrogens is 2. The lowest BCUT2D eigenvalue weighted by molar-refractivity contribution is 0.0670. The summed E-state index contributed by atoms with van der Waals surface area (Å²) in [5.41, 5.74) is 8.41. The second-order valence-corrected chi connectivity index (χ2v) is 7.51. The van der Waals surface area contributed by atoms with Gasteiger partial charge in [-0.05, 0) is 56.7 Å². The molecular formula is C19H22ClFN4O. The highest BCUT2D eigenvalue weighted by molar-refractivity contribution is 6.30. The zero-order valence-electron chi connectivity index (χ0n) is 14.5. The van der Waals surface area contributed by atoms with Gasteiger partial charge in [0.2, 0.25) is 0 Å². The van der Waals surface area contributed by atoms with Gasteiger partial charge in [-0.3, -0.25) is 4.79 Å². The van der Waals surface area contributed by atoms with E-state index in [2.05, 4.69) is 5.10 Å². The molecule has 1 atom stereocenters. The van der Waals surface area contributed by atoms with E-state index in [9.17, 15) is 9.18 Å². The van der Waals surface area contributed by atoms with Gasteiger partial charge < -0.3 is 10.6 Å². The van der Waals surface area contributed by atoms with E-state index in [0.29, 0.717) is 30.4 Å². The van der Waals surface area contributed by atoms with Crippen molar-refractivity contribution in [1.29, 1.82) is 0 Å². The first-order valence-corrected chi connectivity index (χ1v) is 9.52. The van der Waals surface area contributed by atoms with Gasteiger partial charge in [0, 0.05) is 24.3 Å². The lowest BCUT2D eigenvalue weighted by atomic mass is 9.98. The summed E-state index contributed by atoms with van der Waals surface area (Å²) in [6.45, 7) is 1.98. The third kappa shape index (κ3) is 2.91. The van der Waals surface area contributed by atoms with E-state index in [1.165, 1.54) is 6.07 Å². The van der Waals surface area contributed by atoms with Crippen molar-refractivity contribution in [2.24, 2.45) is 11.7 Å². The van der Waals surface area contributed by atoms with Gasteiger partial charge in [-0.2, -0.15) is 5.10 Å². The van der Waals surface area contributed by atoms with Gasteiger partial charge in [0.15, 0.2) is 11.5 Å². The quantitative estimate of drug-likeness (QED) is 0.895. The molecule has 1 amide bonds. The van der Waals surface area contributed by atoms with Crippen LogP contribution < -0.4 is 5.73 Å². The van der Waals surface area contributed by atoms with Crippen molar-refractivity contribution in [3.8, 4) is 5.69 Å². The fourth-order valence-corrected chi connectivity index (χ4v) is 4.23. The molecule has 138 valence electrons. The summed E-state index contributed by atoms with van der Waals surface area (Å²) in [6.07, 6.45) is 4.54. The van der Waals surface area contributed by atoms with E-state index in [4.69, 9.17) is 17.3 Å². The third-order valence-electron chi connectivity index (χ3n) is 5.43. The molecule has 0 spiro atoms. The molecule has 1 aliphatic heterocycles. The maximum Gasteiger partial charge on any atom is 0.274 e. The Balaban J connectivity index is 1.72. The minimum atomic E-state index is -0.508. The number of amides is 1. The van der Waals surface area contributed by atoms with E-state index >= 15 is 0 Å². The fourth-order valence-electron chi connectivity index (χ4n) is 4.06. The molecule has 1 saturated heterocycles. The molecule has 2 heterocycles. The van der Waals surface area contributed by atoms with Crippen LogP contribution in [0, 0.1) is 11.7 Å². The number of rotatable bonds is 3. The van der Waals surface area contributed by atoms with Crippen LogP contribution in [0.15, 0.2) is 18.2 Å². The highest BCUT2D eigenvalue weighted by atomic mass is 35.5. The Morgan fingerprint density at radius 1 is 1.35 bits per heavy atom. The summed E-state index contributed by atoms with van der Waals surface area (Å²) in [7, 11) is 0. The van der Waals surface area contributed by atoms with Gasteiger partial charge in [-0.1, -0.05) is 17.7 Å². The number of carbonyl (C=O) groups is 1. The Labute approximate surface area is 156 Å². The normalized spacial score (nSPS) is 19.7. The molecule has 5 nitrogen and oxygen atoms in total. The second kappa shape index (κ2) is 7.00. The van der Waals surface area contributed by atoms with Gasteiger partial charge >= 0.3 is 0 Å². The molecule has 4 rings (SSSR count). The first-order valence-electron chi connectivity index (χ1n) is 9.14. The highest BCUT2D eigenvalue weighted by Gasteiger charge is 2.32. The molecule has 1 aromatic heterocycles. The minimum absolute atomic E-state index is 0.0550. The summed E-state index contributed by atoms with van der Waals surface area (Å²) in [5.74, 6) is -0.234. The molecule has 0 radical (unpaired) electrons. The lowest BCUT2D eigenvalue weighted by Gasteiger charge is -2.31. The number of halogens is 2. The van der Waals surface area contributed by atoms with Crippen molar-refractivity contribution in [2.75, 3.05) is 19.6 Å². The van der Waals surface area contributed by atoms with Crippen molar-refractivity contribution in [3.05, 3.63) is 46.0 Å². The number of likely N-dealkylation sites (tertiary alicyclic amines) is 1. The van der Waals surface area contributed by atoms with Crippen LogP contribution in [0.5, 0.6) is 0 Å². The van der Waals surface area contributed by atoms with Crippen LogP contribution in [0.1, 0.15) is 41.0 Å². The molecule has 1 aliphatic carbocycles. The van der Waals surface area contributed by atoms with E-state index in [1.807, 2.05) is 4.90 Å². The molecule has 1 unspecified atom stereocenters. The largest absolute Gasteiger partial charge is 0.337 e. The first kappa shape index (κ1) is 17.5. The number of hydrogen-bond donors (Lipinski definition) is 1. The van der Waals surface area contributed by atoms with E-state index in [1.54, 1.807) is 16.8 Å². The summed E-state index contributed by atoms with van der Waals surface area (Å²) in [6, 6.07) is 4.85. The Morgan fingerprint density at radius 3 is 3.00 bits per heavy atom. The van der Waals surface area contributed by atoms with Gasteiger partial charge in [-0.15, -0.1) is 0 Å². The van der Waals surface area contributed by atoms with Crippen LogP contribution in [-0.2, 0) is 12.8 Å². The number of nitrogens with zero attached hydrogens (tertiary/aromatic N) is 3. The molecular weight excluding hydrogens is 355 g/mol. The topological polar surface area (TPSA) is 64.2 Å². The summed E-state index contributed by atoms with van der Waals surface area (Å²) < 4.78 is 16.1. The van der Waals surface area contributed by atoms with Gasteiger partial charge in [0.05, 0.1) is 5.02 Å². The van der Waals surface area contributed by atoms with Gasteiger partial charge in [0.25, 0.3) is 5.91 Å². The van der Waals surface area contributed by atoms with Crippen LogP contribution in [0.2, 0.25) is 5.02 Å². The third-order valence-corrected chi connectivity index (χ3v) is 5.72. The highest BCUT2D eigenvalue weighted by Crippen LogP contribution is 2.31. The Bertz CT molecular complexity index is 850. The molecule has 1 aromatic carbocycles. The number of carbonyl (C=O) groups excluding carboxylic acids is 1. The van der Waals surface area contributed by atoms with Crippen molar-refractivity contribution >= 4 is 17.5 Å². The maximum absolute atomic E-state index is 14.5. The molecule has 1 fully saturated rings. The van der Waals surface area contributed by atoms with E-state index < -0.39 is 5.82 Å². The van der Waals surface area contributed by atoms with Crippen molar-refractivity contribution in [3.63, 3.8) is 0 Å². The minimum Gasteiger partial charge on any atom is -0.337 e. The average Bonchev–Trinajstić information content (AvgIpc) is 3.26. The summed E-state index contributed by atoms with van der Waals surface area (Å²) >= 11 is 5.93. The number of fused-ring (bicyclic) bond motifs is 1. The average molecular weight is 377 g/mol. The van der Waals surface area contributed by atoms with E-state index in [0.717, 1.165) is 49.9 Å². The molecule has 2 aliphatic rings. The van der Waals surface area contributed by atoms with Crippen LogP contribution in [0.3, 0.4) is 0 Å². The van der Waals surface area contributed by atoms with Crippen LogP contribution in [-0.4, -0.2) is 40.2 Å². The van der Waals surface area contributed by atoms with Gasteiger partial charge in [0.1, 0.15) is 5.69 Å². The number of piperidine rings is 1. The molecule has 2 N–H and O–H groups in total. The van der Waals surface area contributed by atoms with Crippen molar-refractivity contribution < 1.29 is 9.18 Å². The first-order chi connectivity index (χ1) is 12.6. The lowest BCUT2D eigenvalue weighted by Crippen LogP contribution is -2.42. The smallest absolute Gasteiger partial charge is 0.274 e. The predicted octanol–water partition coefficient (Wildman–Crippen LogP) is 2.96. The Hall–Kier alpha value is -1.92. The maximum atomic E-state index is 14.5. The van der Waals surface area contributed by atoms with E-state index in [-0.39, 0.29) is 10.9 Å². The molecule has 26 heavy (non-hydrogen) atoms. The number of nitrogens with two attached hydrogens (primary N) is 1. The second-order valence-electron chi connectivity index (χ2n) is 7.11. The molecule has 2 aromatic rings. The predicted molar refractivity (Wildman–Crippen MR) is 98.2 cm³/mol. The molecule has 0 saturated carbocycles. The zero-order chi connectivity index (χ0) is 18.3. The zero-order valence-corrected chi connectivity index (χ0v) is 15.3. The molecule has 7 heteroatoms. The number of benzene rings is 1. The fraction of sp³-hybridized carbons (Fsp3) is 0.474. The van der Waals surface area contributed by atoms with Crippen molar-refractivity contribution in [2.45, 2.75) is 32.1 Å². The summed E-state index contributed by atoms with van der Waals surface area (Å²) in [4.78, 5) is 15.0. The monoisotopic (exact) mass is 376 g/mol. The SMILES string of the molecule is NCC1CCCN(C(=O)c2nn(-c3cccc(Cl)c3F)c3c2CCC3)C1.